The molecule has 2 amide bonds. The Hall–Kier alpha value is -2.83. The van der Waals surface area contributed by atoms with Crippen molar-refractivity contribution in [3.8, 4) is 5.00 Å². The predicted octanol–water partition coefficient (Wildman–Crippen LogP) is 7.23. The Kier molecular flexibility index (Phi) is 5.15. The molecule has 6 rings (SSSR count). The number of urea groups is 1. The number of hydrogen-bond acceptors (Lipinski definition) is 3. The lowest BCUT2D eigenvalue weighted by Crippen LogP contribution is -2.38. The lowest BCUT2D eigenvalue weighted by molar-refractivity contribution is 0.195. The summed E-state index contributed by atoms with van der Waals surface area (Å²) in [7, 11) is 0. The van der Waals surface area contributed by atoms with E-state index in [9.17, 15) is 4.79 Å². The van der Waals surface area contributed by atoms with Crippen LogP contribution in [0, 0.1) is 13.8 Å². The molecule has 0 saturated carbocycles. The van der Waals surface area contributed by atoms with Gasteiger partial charge in [0.25, 0.3) is 0 Å². The van der Waals surface area contributed by atoms with Crippen LogP contribution in [0.4, 0.5) is 10.5 Å². The highest BCUT2D eigenvalue weighted by atomic mass is 32.1. The second-order valence-corrected chi connectivity index (χ2v) is 11.2. The maximum absolute atomic E-state index is 13.9. The summed E-state index contributed by atoms with van der Waals surface area (Å²) in [6, 6.07) is 14.5. The Balaban J connectivity index is 1.48. The molecule has 4 heterocycles. The Morgan fingerprint density at radius 3 is 2.76 bits per heavy atom. The zero-order chi connectivity index (χ0) is 22.5. The third-order valence-electron chi connectivity index (χ3n) is 6.88. The van der Waals surface area contributed by atoms with Gasteiger partial charge in [0.1, 0.15) is 11.0 Å². The number of benzene rings is 1. The van der Waals surface area contributed by atoms with Gasteiger partial charge in [-0.15, -0.1) is 22.7 Å². The molecule has 1 atom stereocenters. The van der Waals surface area contributed by atoms with Crippen molar-refractivity contribution in [1.82, 2.24) is 9.47 Å². The highest BCUT2D eigenvalue weighted by Gasteiger charge is 2.36. The number of thiophene rings is 2. The summed E-state index contributed by atoms with van der Waals surface area (Å²) >= 11 is 3.64. The van der Waals surface area contributed by atoms with Gasteiger partial charge >= 0.3 is 6.03 Å². The fourth-order valence-corrected chi connectivity index (χ4v) is 7.53. The van der Waals surface area contributed by atoms with Crippen molar-refractivity contribution < 1.29 is 4.79 Å². The van der Waals surface area contributed by atoms with Gasteiger partial charge in [-0.1, -0.05) is 23.8 Å². The molecule has 2 aliphatic rings. The minimum Gasteiger partial charge on any atom is -0.310 e. The van der Waals surface area contributed by atoms with Crippen molar-refractivity contribution in [3.63, 3.8) is 0 Å². The minimum absolute atomic E-state index is 0.0447. The standard InChI is InChI=1S/C27H27N3OS2/c1-17-11-12-21(18(2)15-17)28-27(31)30-16-20-19-7-3-4-9-23(19)33-26(20)29-13-5-8-22(29)25(30)24-10-6-14-32-24/h5-6,8,10-15,25H,3-4,7,9,16H2,1-2H3,(H,28,31)/t25-/m1/s1. The number of rotatable bonds is 2. The summed E-state index contributed by atoms with van der Waals surface area (Å²) in [5.41, 5.74) is 7.14. The number of fused-ring (bicyclic) bond motifs is 5. The number of carbonyl (C=O) groups excluding carboxylic acids is 1. The van der Waals surface area contributed by atoms with Gasteiger partial charge in [-0.2, -0.15) is 0 Å². The zero-order valence-corrected chi connectivity index (χ0v) is 20.6. The molecule has 0 spiro atoms. The molecule has 0 saturated heterocycles. The van der Waals surface area contributed by atoms with Gasteiger partial charge in [0.2, 0.25) is 0 Å². The topological polar surface area (TPSA) is 37.3 Å². The summed E-state index contributed by atoms with van der Waals surface area (Å²) in [6.07, 6.45) is 6.94. The number of nitrogens with one attached hydrogen (secondary N) is 1. The summed E-state index contributed by atoms with van der Waals surface area (Å²) in [6.45, 7) is 4.76. The van der Waals surface area contributed by atoms with E-state index in [0.29, 0.717) is 6.54 Å². The van der Waals surface area contributed by atoms with E-state index in [1.165, 1.54) is 44.3 Å². The van der Waals surface area contributed by atoms with Crippen molar-refractivity contribution in [2.45, 2.75) is 52.1 Å². The van der Waals surface area contributed by atoms with Gasteiger partial charge < -0.3 is 14.8 Å². The molecule has 4 nitrogen and oxygen atoms in total. The van der Waals surface area contributed by atoms with E-state index in [2.05, 4.69) is 71.7 Å². The first-order chi connectivity index (χ1) is 16.1. The Morgan fingerprint density at radius 1 is 1.06 bits per heavy atom. The number of anilines is 1. The monoisotopic (exact) mass is 473 g/mol. The maximum Gasteiger partial charge on any atom is 0.323 e. The second-order valence-electron chi connectivity index (χ2n) is 9.09. The minimum atomic E-state index is -0.121. The fraction of sp³-hybridized carbons (Fsp3) is 0.296. The fourth-order valence-electron chi connectivity index (χ4n) is 5.27. The van der Waals surface area contributed by atoms with Crippen LogP contribution in [0.3, 0.4) is 0 Å². The number of aromatic nitrogens is 1. The summed E-state index contributed by atoms with van der Waals surface area (Å²) in [5.74, 6) is 0. The van der Waals surface area contributed by atoms with Crippen LogP contribution < -0.4 is 5.32 Å². The van der Waals surface area contributed by atoms with Crippen LogP contribution in [0.5, 0.6) is 0 Å². The predicted molar refractivity (Wildman–Crippen MR) is 137 cm³/mol. The molecule has 0 bridgehead atoms. The second kappa shape index (κ2) is 8.19. The van der Waals surface area contributed by atoms with Gasteiger partial charge in [0.05, 0.1) is 12.2 Å². The molecule has 4 aromatic rings. The van der Waals surface area contributed by atoms with Crippen LogP contribution in [-0.2, 0) is 19.4 Å². The first-order valence-corrected chi connectivity index (χ1v) is 13.3. The van der Waals surface area contributed by atoms with Gasteiger partial charge in [-0.3, -0.25) is 0 Å². The molecule has 0 unspecified atom stereocenters. The summed E-state index contributed by atoms with van der Waals surface area (Å²) in [4.78, 5) is 18.7. The summed E-state index contributed by atoms with van der Waals surface area (Å²) < 4.78 is 2.34. The van der Waals surface area contributed by atoms with Crippen LogP contribution in [0.15, 0.2) is 54.0 Å². The third kappa shape index (κ3) is 3.52. The molecule has 1 N–H and O–H groups in total. The zero-order valence-electron chi connectivity index (χ0n) is 18.9. The van der Waals surface area contributed by atoms with Gasteiger partial charge in [-0.05, 0) is 80.3 Å². The lowest BCUT2D eigenvalue weighted by Gasteiger charge is -2.30. The van der Waals surface area contributed by atoms with E-state index in [-0.39, 0.29) is 12.1 Å². The molecule has 168 valence electrons. The summed E-state index contributed by atoms with van der Waals surface area (Å²) in [5, 5.41) is 6.64. The SMILES string of the molecule is Cc1ccc(NC(=O)N2Cc3c(sc4c3CCCC4)-n3cccc3[C@@H]2c2cccs2)c(C)c1. The third-order valence-corrected chi connectivity index (χ3v) is 9.13. The largest absolute Gasteiger partial charge is 0.323 e. The highest BCUT2D eigenvalue weighted by Crippen LogP contribution is 2.44. The molecule has 0 fully saturated rings. The van der Waals surface area contributed by atoms with Crippen molar-refractivity contribution >= 4 is 34.4 Å². The normalized spacial score (nSPS) is 17.2. The molecule has 1 aromatic carbocycles. The molecule has 33 heavy (non-hydrogen) atoms. The number of nitrogens with zero attached hydrogens (tertiary/aromatic N) is 2. The van der Waals surface area contributed by atoms with Gasteiger partial charge in [0, 0.05) is 27.2 Å². The number of aryl methyl sites for hydroxylation is 3. The van der Waals surface area contributed by atoms with E-state index in [1.54, 1.807) is 11.3 Å². The van der Waals surface area contributed by atoms with E-state index in [0.717, 1.165) is 29.8 Å². The van der Waals surface area contributed by atoms with E-state index in [1.807, 2.05) is 22.3 Å². The molecular formula is C27H27N3OS2. The molecule has 1 aliphatic heterocycles. The molecule has 3 aromatic heterocycles. The van der Waals surface area contributed by atoms with E-state index in [4.69, 9.17) is 0 Å². The molecule has 0 radical (unpaired) electrons. The van der Waals surface area contributed by atoms with Gasteiger partial charge in [0.15, 0.2) is 0 Å². The van der Waals surface area contributed by atoms with E-state index < -0.39 is 0 Å². The van der Waals surface area contributed by atoms with Crippen molar-refractivity contribution in [1.29, 1.82) is 0 Å². The Morgan fingerprint density at radius 2 is 1.94 bits per heavy atom. The van der Waals surface area contributed by atoms with Crippen LogP contribution in [0.1, 0.15) is 56.6 Å². The van der Waals surface area contributed by atoms with Gasteiger partial charge in [-0.25, -0.2) is 4.79 Å². The van der Waals surface area contributed by atoms with E-state index >= 15 is 0 Å². The Bertz CT molecular complexity index is 1330. The average Bonchev–Trinajstić information content (AvgIpc) is 3.55. The van der Waals surface area contributed by atoms with Crippen molar-refractivity contribution in [2.24, 2.45) is 0 Å². The average molecular weight is 474 g/mol. The van der Waals surface area contributed by atoms with Crippen LogP contribution >= 0.6 is 22.7 Å². The molecule has 1 aliphatic carbocycles. The van der Waals surface area contributed by atoms with Crippen LogP contribution in [0.2, 0.25) is 0 Å². The maximum atomic E-state index is 13.9. The highest BCUT2D eigenvalue weighted by molar-refractivity contribution is 7.15. The smallest absolute Gasteiger partial charge is 0.310 e. The van der Waals surface area contributed by atoms with Crippen molar-refractivity contribution in [3.05, 3.63) is 91.7 Å². The Labute approximate surface area is 202 Å². The molecule has 6 heteroatoms. The first kappa shape index (κ1) is 20.8. The molecular weight excluding hydrogens is 446 g/mol. The number of carbonyl (C=O) groups is 1. The quantitative estimate of drug-likeness (QED) is 0.327. The number of hydrogen-bond donors (Lipinski definition) is 1. The van der Waals surface area contributed by atoms with Crippen molar-refractivity contribution in [2.75, 3.05) is 5.32 Å². The number of amides is 2. The van der Waals surface area contributed by atoms with Crippen LogP contribution in [0.25, 0.3) is 5.00 Å². The first-order valence-electron chi connectivity index (χ1n) is 11.6. The lowest BCUT2D eigenvalue weighted by atomic mass is 9.95. The van der Waals surface area contributed by atoms with Crippen LogP contribution in [-0.4, -0.2) is 15.5 Å².